The number of likely N-dealkylation sites (tertiary alicyclic amines) is 1. The second kappa shape index (κ2) is 7.05. The smallest absolute Gasteiger partial charge is 0.251 e. The number of carbonyl (C=O) groups is 2. The van der Waals surface area contributed by atoms with Crippen molar-refractivity contribution >= 4 is 11.8 Å². The summed E-state index contributed by atoms with van der Waals surface area (Å²) in [6, 6.07) is 11.2. The summed E-state index contributed by atoms with van der Waals surface area (Å²) in [5, 5.41) is 2.87. The van der Waals surface area contributed by atoms with Crippen LogP contribution in [0.25, 0.3) is 0 Å². The number of nitrogens with one attached hydrogen (secondary N) is 1. The first kappa shape index (κ1) is 15.2. The molecule has 23 heavy (non-hydrogen) atoms. The van der Waals surface area contributed by atoms with E-state index in [0.29, 0.717) is 25.1 Å². The molecule has 0 bridgehead atoms. The quantitative estimate of drug-likeness (QED) is 0.920. The molecule has 1 aromatic heterocycles. The third kappa shape index (κ3) is 3.94. The first-order valence-corrected chi connectivity index (χ1v) is 7.76. The van der Waals surface area contributed by atoms with E-state index in [1.165, 1.54) is 0 Å². The van der Waals surface area contributed by atoms with Crippen LogP contribution in [0.4, 0.5) is 0 Å². The van der Waals surface area contributed by atoms with Gasteiger partial charge in [-0.3, -0.25) is 14.6 Å². The second-order valence-electron chi connectivity index (χ2n) is 5.66. The van der Waals surface area contributed by atoms with Crippen molar-refractivity contribution in [2.45, 2.75) is 25.9 Å². The fourth-order valence-corrected chi connectivity index (χ4v) is 2.64. The SMILES string of the molecule is O=C(NCc1cccnc1)c1ccc(CN2CCCC2=O)cc1. The number of amides is 2. The van der Waals surface area contributed by atoms with Gasteiger partial charge in [-0.1, -0.05) is 18.2 Å². The Labute approximate surface area is 135 Å². The van der Waals surface area contributed by atoms with Crippen LogP contribution in [0.5, 0.6) is 0 Å². The highest BCUT2D eigenvalue weighted by atomic mass is 16.2. The van der Waals surface area contributed by atoms with Crippen molar-refractivity contribution in [3.8, 4) is 0 Å². The zero-order chi connectivity index (χ0) is 16.1. The van der Waals surface area contributed by atoms with Crippen LogP contribution in [-0.4, -0.2) is 28.2 Å². The zero-order valence-electron chi connectivity index (χ0n) is 12.9. The van der Waals surface area contributed by atoms with Gasteiger partial charge in [0.05, 0.1) is 0 Å². The van der Waals surface area contributed by atoms with Crippen LogP contribution in [0, 0.1) is 0 Å². The Morgan fingerprint density at radius 1 is 1.17 bits per heavy atom. The molecule has 1 aromatic carbocycles. The lowest BCUT2D eigenvalue weighted by Crippen LogP contribution is -2.24. The van der Waals surface area contributed by atoms with Crippen molar-refractivity contribution in [2.24, 2.45) is 0 Å². The highest BCUT2D eigenvalue weighted by molar-refractivity contribution is 5.94. The molecule has 1 aliphatic heterocycles. The Hall–Kier alpha value is -2.69. The Bertz CT molecular complexity index is 683. The fraction of sp³-hybridized carbons (Fsp3) is 0.278. The van der Waals surface area contributed by atoms with E-state index in [1.807, 2.05) is 29.2 Å². The van der Waals surface area contributed by atoms with Gasteiger partial charge in [-0.2, -0.15) is 0 Å². The molecule has 0 saturated carbocycles. The van der Waals surface area contributed by atoms with Gasteiger partial charge in [0.25, 0.3) is 5.91 Å². The minimum atomic E-state index is -0.113. The summed E-state index contributed by atoms with van der Waals surface area (Å²) in [7, 11) is 0. The van der Waals surface area contributed by atoms with E-state index in [2.05, 4.69) is 10.3 Å². The van der Waals surface area contributed by atoms with Gasteiger partial charge in [-0.15, -0.1) is 0 Å². The number of hydrogen-bond donors (Lipinski definition) is 1. The maximum atomic E-state index is 12.1. The van der Waals surface area contributed by atoms with Crippen molar-refractivity contribution in [1.82, 2.24) is 15.2 Å². The number of nitrogens with zero attached hydrogens (tertiary/aromatic N) is 2. The average molecular weight is 309 g/mol. The lowest BCUT2D eigenvalue weighted by atomic mass is 10.1. The first-order valence-electron chi connectivity index (χ1n) is 7.76. The molecule has 1 aliphatic rings. The maximum Gasteiger partial charge on any atom is 0.251 e. The van der Waals surface area contributed by atoms with Crippen LogP contribution in [0.3, 0.4) is 0 Å². The molecule has 0 spiro atoms. The van der Waals surface area contributed by atoms with E-state index in [4.69, 9.17) is 0 Å². The number of carbonyl (C=O) groups excluding carboxylic acids is 2. The van der Waals surface area contributed by atoms with Crippen molar-refractivity contribution < 1.29 is 9.59 Å². The minimum absolute atomic E-state index is 0.113. The minimum Gasteiger partial charge on any atom is -0.348 e. The van der Waals surface area contributed by atoms with E-state index in [0.717, 1.165) is 24.1 Å². The van der Waals surface area contributed by atoms with Crippen LogP contribution >= 0.6 is 0 Å². The molecule has 0 unspecified atom stereocenters. The summed E-state index contributed by atoms with van der Waals surface area (Å²) in [6.45, 7) is 1.90. The van der Waals surface area contributed by atoms with Crippen LogP contribution in [0.15, 0.2) is 48.8 Å². The van der Waals surface area contributed by atoms with Crippen LogP contribution in [0.2, 0.25) is 0 Å². The number of pyridine rings is 1. The predicted octanol–water partition coefficient (Wildman–Crippen LogP) is 2.13. The standard InChI is InChI=1S/C18H19N3O2/c22-17-4-2-10-21(17)13-14-5-7-16(8-6-14)18(23)20-12-15-3-1-9-19-11-15/h1,3,5-9,11H,2,4,10,12-13H2,(H,20,23). The Balaban J connectivity index is 1.56. The van der Waals surface area contributed by atoms with Crippen molar-refractivity contribution in [3.05, 3.63) is 65.5 Å². The summed E-state index contributed by atoms with van der Waals surface area (Å²) in [6.07, 6.45) is 5.02. The third-order valence-electron chi connectivity index (χ3n) is 3.94. The monoisotopic (exact) mass is 309 g/mol. The third-order valence-corrected chi connectivity index (χ3v) is 3.94. The van der Waals surface area contributed by atoms with E-state index >= 15 is 0 Å². The predicted molar refractivity (Wildman–Crippen MR) is 86.5 cm³/mol. The van der Waals surface area contributed by atoms with Gasteiger partial charge in [-0.05, 0) is 35.7 Å². The lowest BCUT2D eigenvalue weighted by Gasteiger charge is -2.15. The summed E-state index contributed by atoms with van der Waals surface area (Å²) < 4.78 is 0. The largest absolute Gasteiger partial charge is 0.348 e. The van der Waals surface area contributed by atoms with E-state index < -0.39 is 0 Å². The molecule has 3 rings (SSSR count). The Morgan fingerprint density at radius 2 is 2.00 bits per heavy atom. The molecule has 5 heteroatoms. The van der Waals surface area contributed by atoms with Crippen LogP contribution < -0.4 is 5.32 Å². The molecule has 2 amide bonds. The zero-order valence-corrected chi connectivity index (χ0v) is 12.9. The topological polar surface area (TPSA) is 62.3 Å². The van der Waals surface area contributed by atoms with Gasteiger partial charge in [-0.25, -0.2) is 0 Å². The van der Waals surface area contributed by atoms with E-state index in [1.54, 1.807) is 24.5 Å². The molecule has 2 heterocycles. The van der Waals surface area contributed by atoms with Crippen molar-refractivity contribution in [1.29, 1.82) is 0 Å². The molecule has 2 aromatic rings. The average Bonchev–Trinajstić information content (AvgIpc) is 2.99. The van der Waals surface area contributed by atoms with E-state index in [-0.39, 0.29) is 11.8 Å². The highest BCUT2D eigenvalue weighted by Crippen LogP contribution is 2.14. The van der Waals surface area contributed by atoms with Gasteiger partial charge in [0, 0.05) is 44.0 Å². The van der Waals surface area contributed by atoms with Gasteiger partial charge >= 0.3 is 0 Å². The number of rotatable bonds is 5. The number of aromatic nitrogens is 1. The van der Waals surface area contributed by atoms with Crippen molar-refractivity contribution in [3.63, 3.8) is 0 Å². The second-order valence-corrected chi connectivity index (χ2v) is 5.66. The van der Waals surface area contributed by atoms with Gasteiger partial charge in [0.2, 0.25) is 5.91 Å². The molecule has 0 aliphatic carbocycles. The summed E-state index contributed by atoms with van der Waals surface area (Å²) in [5.74, 6) is 0.0981. The fourth-order valence-electron chi connectivity index (χ4n) is 2.64. The molecule has 5 nitrogen and oxygen atoms in total. The van der Waals surface area contributed by atoms with Gasteiger partial charge < -0.3 is 10.2 Å². The molecular weight excluding hydrogens is 290 g/mol. The number of benzene rings is 1. The molecule has 1 fully saturated rings. The molecule has 118 valence electrons. The summed E-state index contributed by atoms with van der Waals surface area (Å²) in [4.78, 5) is 29.6. The molecule has 0 atom stereocenters. The maximum absolute atomic E-state index is 12.1. The Kier molecular flexibility index (Phi) is 4.66. The highest BCUT2D eigenvalue weighted by Gasteiger charge is 2.19. The lowest BCUT2D eigenvalue weighted by molar-refractivity contribution is -0.128. The van der Waals surface area contributed by atoms with Crippen molar-refractivity contribution in [2.75, 3.05) is 6.54 Å². The number of hydrogen-bond acceptors (Lipinski definition) is 3. The molecule has 1 N–H and O–H groups in total. The molecule has 0 radical (unpaired) electrons. The summed E-state index contributed by atoms with van der Waals surface area (Å²) in [5.41, 5.74) is 2.62. The van der Waals surface area contributed by atoms with E-state index in [9.17, 15) is 9.59 Å². The summed E-state index contributed by atoms with van der Waals surface area (Å²) >= 11 is 0. The van der Waals surface area contributed by atoms with Gasteiger partial charge in [0.15, 0.2) is 0 Å². The molecule has 1 saturated heterocycles. The molecular formula is C18H19N3O2. The first-order chi connectivity index (χ1) is 11.2. The van der Waals surface area contributed by atoms with Gasteiger partial charge in [0.1, 0.15) is 0 Å². The van der Waals surface area contributed by atoms with Crippen LogP contribution in [-0.2, 0) is 17.9 Å². The Morgan fingerprint density at radius 3 is 2.65 bits per heavy atom. The normalized spacial score (nSPS) is 14.1. The van der Waals surface area contributed by atoms with Crippen LogP contribution in [0.1, 0.15) is 34.3 Å².